The molecule has 1 aromatic rings. The molecule has 0 amide bonds. The first-order valence-corrected chi connectivity index (χ1v) is 9.48. The third kappa shape index (κ3) is 3.54. The Morgan fingerprint density at radius 2 is 1.60 bits per heavy atom. The van der Waals surface area contributed by atoms with Crippen LogP contribution in [0.5, 0.6) is 11.5 Å². The van der Waals surface area contributed by atoms with E-state index in [2.05, 4.69) is 20.8 Å². The Hall–Kier alpha value is -1.49. The summed E-state index contributed by atoms with van der Waals surface area (Å²) in [5, 5.41) is -0.0147. The van der Waals surface area contributed by atoms with Crippen LogP contribution in [0.15, 0.2) is 18.2 Å². The second kappa shape index (κ2) is 5.87. The van der Waals surface area contributed by atoms with Crippen molar-refractivity contribution in [3.05, 3.63) is 23.8 Å². The maximum Gasteiger partial charge on any atom is 0.324 e. The second-order valence-electron chi connectivity index (χ2n) is 6.22. The van der Waals surface area contributed by atoms with Gasteiger partial charge in [-0.05, 0) is 36.3 Å². The van der Waals surface area contributed by atoms with Crippen LogP contribution in [0.25, 0.3) is 0 Å². The van der Waals surface area contributed by atoms with Gasteiger partial charge in [-0.2, -0.15) is 0 Å². The first-order valence-electron chi connectivity index (χ1n) is 6.58. The average molecular weight is 296 g/mol. The van der Waals surface area contributed by atoms with Crippen molar-refractivity contribution in [3.63, 3.8) is 0 Å². The maximum atomic E-state index is 12.3. The van der Waals surface area contributed by atoms with Crippen LogP contribution in [-0.2, 0) is 4.43 Å². The molecule has 0 saturated heterocycles. The molecule has 0 atom stereocenters. The summed E-state index contributed by atoms with van der Waals surface area (Å²) in [6.45, 7) is 10.4. The highest BCUT2D eigenvalue weighted by atomic mass is 28.4. The molecule has 0 heterocycles. The first kappa shape index (κ1) is 16.6. The van der Waals surface area contributed by atoms with Crippen molar-refractivity contribution in [1.82, 2.24) is 0 Å². The van der Waals surface area contributed by atoms with Gasteiger partial charge in [0.1, 0.15) is 0 Å². The zero-order valence-corrected chi connectivity index (χ0v) is 14.4. The van der Waals surface area contributed by atoms with Crippen molar-refractivity contribution in [2.75, 3.05) is 14.2 Å². The van der Waals surface area contributed by atoms with E-state index in [4.69, 9.17) is 13.9 Å². The van der Waals surface area contributed by atoms with E-state index < -0.39 is 8.32 Å². The molecule has 0 unspecified atom stereocenters. The van der Waals surface area contributed by atoms with Crippen molar-refractivity contribution in [3.8, 4) is 11.5 Å². The van der Waals surface area contributed by atoms with E-state index in [1.807, 2.05) is 13.1 Å². The Bertz CT molecular complexity index is 489. The minimum absolute atomic E-state index is 0.0147. The van der Waals surface area contributed by atoms with Crippen molar-refractivity contribution < 1.29 is 18.7 Å². The maximum absolute atomic E-state index is 12.3. The van der Waals surface area contributed by atoms with Gasteiger partial charge in [-0.1, -0.05) is 20.8 Å². The average Bonchev–Trinajstić information content (AvgIpc) is 2.35. The molecule has 0 aromatic heterocycles. The molecular formula is C15H24O4Si. The van der Waals surface area contributed by atoms with E-state index in [1.165, 1.54) is 0 Å². The molecule has 4 nitrogen and oxygen atoms in total. The van der Waals surface area contributed by atoms with E-state index in [9.17, 15) is 4.79 Å². The fourth-order valence-corrected chi connectivity index (χ4v) is 2.29. The highest BCUT2D eigenvalue weighted by molar-refractivity contribution is 6.75. The van der Waals surface area contributed by atoms with Gasteiger partial charge in [-0.25, -0.2) is 4.79 Å². The zero-order chi connectivity index (χ0) is 15.6. The highest BCUT2D eigenvalue weighted by Crippen LogP contribution is 2.37. The van der Waals surface area contributed by atoms with Gasteiger partial charge in [0.2, 0.25) is 0 Å². The molecule has 1 rings (SSSR count). The molecule has 0 fully saturated rings. The van der Waals surface area contributed by atoms with Crippen molar-refractivity contribution >= 4 is 14.3 Å². The number of hydrogen-bond acceptors (Lipinski definition) is 4. The molecule has 0 aliphatic carbocycles. The van der Waals surface area contributed by atoms with Gasteiger partial charge in [0.25, 0.3) is 8.32 Å². The Labute approximate surface area is 122 Å². The standard InChI is InChI=1S/C15H24O4Si/c1-15(2,3)20(6,7)19-14(16)11-8-9-12(17-4)13(10-11)18-5/h8-10H,1-7H3. The van der Waals surface area contributed by atoms with Crippen LogP contribution < -0.4 is 9.47 Å². The van der Waals surface area contributed by atoms with E-state index in [0.717, 1.165) is 0 Å². The smallest absolute Gasteiger partial charge is 0.324 e. The monoisotopic (exact) mass is 296 g/mol. The predicted molar refractivity (Wildman–Crippen MR) is 82.2 cm³/mol. The van der Waals surface area contributed by atoms with Crippen LogP contribution in [0.2, 0.25) is 18.1 Å². The van der Waals surface area contributed by atoms with Gasteiger partial charge in [0.15, 0.2) is 11.5 Å². The largest absolute Gasteiger partial charge is 0.516 e. The number of ether oxygens (including phenoxy) is 2. The molecule has 0 bridgehead atoms. The molecule has 20 heavy (non-hydrogen) atoms. The third-order valence-electron chi connectivity index (χ3n) is 3.77. The summed E-state index contributed by atoms with van der Waals surface area (Å²) < 4.78 is 16.1. The molecule has 0 aliphatic heterocycles. The molecule has 0 aliphatic rings. The lowest BCUT2D eigenvalue weighted by molar-refractivity contribution is 0.0712. The van der Waals surface area contributed by atoms with Gasteiger partial charge < -0.3 is 13.9 Å². The van der Waals surface area contributed by atoms with Gasteiger partial charge in [-0.15, -0.1) is 0 Å². The number of rotatable bonds is 4. The molecule has 0 spiro atoms. The summed E-state index contributed by atoms with van der Waals surface area (Å²) in [5.41, 5.74) is 0.479. The van der Waals surface area contributed by atoms with Crippen molar-refractivity contribution in [1.29, 1.82) is 0 Å². The minimum atomic E-state index is -2.12. The Balaban J connectivity index is 2.99. The number of methoxy groups -OCH3 is 2. The SMILES string of the molecule is COc1ccc(C(=O)O[Si](C)(C)C(C)(C)C)cc1OC. The lowest BCUT2D eigenvalue weighted by atomic mass is 10.2. The molecule has 0 N–H and O–H groups in total. The number of benzene rings is 1. The molecule has 112 valence electrons. The zero-order valence-electron chi connectivity index (χ0n) is 13.4. The summed E-state index contributed by atoms with van der Waals surface area (Å²) in [6.07, 6.45) is 0. The van der Waals surface area contributed by atoms with Crippen LogP contribution >= 0.6 is 0 Å². The minimum Gasteiger partial charge on any atom is -0.516 e. The van der Waals surface area contributed by atoms with Gasteiger partial charge in [0.05, 0.1) is 19.8 Å². The van der Waals surface area contributed by atoms with Crippen LogP contribution in [0, 0.1) is 0 Å². The molecule has 0 radical (unpaired) electrons. The van der Waals surface area contributed by atoms with Crippen LogP contribution in [0.1, 0.15) is 31.1 Å². The fourth-order valence-electron chi connectivity index (χ4n) is 1.41. The normalized spacial score (nSPS) is 11.9. The van der Waals surface area contributed by atoms with Crippen molar-refractivity contribution in [2.24, 2.45) is 0 Å². The summed E-state index contributed by atoms with van der Waals surface area (Å²) >= 11 is 0. The molecule has 0 saturated carbocycles. The Morgan fingerprint density at radius 1 is 1.05 bits per heavy atom. The summed E-state index contributed by atoms with van der Waals surface area (Å²) in [6, 6.07) is 5.05. The Morgan fingerprint density at radius 3 is 2.05 bits per heavy atom. The third-order valence-corrected chi connectivity index (χ3v) is 8.08. The summed E-state index contributed by atoms with van der Waals surface area (Å²) in [4.78, 5) is 12.3. The van der Waals surface area contributed by atoms with Gasteiger partial charge in [-0.3, -0.25) is 0 Å². The molecule has 1 aromatic carbocycles. The topological polar surface area (TPSA) is 44.8 Å². The highest BCUT2D eigenvalue weighted by Gasteiger charge is 2.40. The number of carbonyl (C=O) groups excluding carboxylic acids is 1. The van der Waals surface area contributed by atoms with E-state index in [0.29, 0.717) is 17.1 Å². The first-order chi connectivity index (χ1) is 9.12. The van der Waals surface area contributed by atoms with Crippen molar-refractivity contribution in [2.45, 2.75) is 38.9 Å². The molecule has 5 heteroatoms. The summed E-state index contributed by atoms with van der Waals surface area (Å²) in [5.74, 6) is 0.811. The lowest BCUT2D eigenvalue weighted by Gasteiger charge is -2.35. The van der Waals surface area contributed by atoms with E-state index in [-0.39, 0.29) is 11.0 Å². The van der Waals surface area contributed by atoms with Crippen LogP contribution in [-0.4, -0.2) is 28.5 Å². The van der Waals surface area contributed by atoms with Crippen LogP contribution in [0.3, 0.4) is 0 Å². The Kier molecular flexibility index (Phi) is 4.86. The molecular weight excluding hydrogens is 272 g/mol. The lowest BCUT2D eigenvalue weighted by Crippen LogP contribution is -2.42. The number of carbonyl (C=O) groups is 1. The fraction of sp³-hybridized carbons (Fsp3) is 0.533. The predicted octanol–water partition coefficient (Wildman–Crippen LogP) is 3.87. The quantitative estimate of drug-likeness (QED) is 0.791. The van der Waals surface area contributed by atoms with E-state index >= 15 is 0 Å². The van der Waals surface area contributed by atoms with Crippen LogP contribution in [0.4, 0.5) is 0 Å². The number of hydrogen-bond donors (Lipinski definition) is 0. The summed E-state index contributed by atoms with van der Waals surface area (Å²) in [7, 11) is 0.982. The van der Waals surface area contributed by atoms with E-state index in [1.54, 1.807) is 32.4 Å². The van der Waals surface area contributed by atoms with Gasteiger partial charge >= 0.3 is 5.97 Å². The van der Waals surface area contributed by atoms with Gasteiger partial charge in [0, 0.05) is 0 Å². The second-order valence-corrected chi connectivity index (χ2v) is 10.9.